The molecule has 1 aromatic rings. The fourth-order valence-corrected chi connectivity index (χ4v) is 2.26. The highest BCUT2D eigenvalue weighted by Crippen LogP contribution is 2.30. The molecule has 0 aliphatic carbocycles. The SMILES string of the molecule is CCCC(C)CC(C)(O)c1cc(F)cc(F)c1. The van der Waals surface area contributed by atoms with Gasteiger partial charge in [0.1, 0.15) is 11.6 Å². The molecule has 1 aromatic carbocycles. The topological polar surface area (TPSA) is 20.2 Å². The second-order valence-corrected chi connectivity index (χ2v) is 5.03. The van der Waals surface area contributed by atoms with E-state index in [1.165, 1.54) is 12.1 Å². The molecule has 0 aromatic heterocycles. The van der Waals surface area contributed by atoms with E-state index in [9.17, 15) is 13.9 Å². The molecule has 96 valence electrons. The molecule has 1 rings (SSSR count). The van der Waals surface area contributed by atoms with Crippen LogP contribution in [-0.4, -0.2) is 5.11 Å². The number of rotatable bonds is 5. The van der Waals surface area contributed by atoms with Crippen LogP contribution in [-0.2, 0) is 5.60 Å². The van der Waals surface area contributed by atoms with E-state index in [1.807, 2.05) is 6.92 Å². The Morgan fingerprint density at radius 1 is 1.24 bits per heavy atom. The minimum absolute atomic E-state index is 0.304. The molecule has 17 heavy (non-hydrogen) atoms. The first-order chi connectivity index (χ1) is 7.85. The lowest BCUT2D eigenvalue weighted by atomic mass is 9.85. The van der Waals surface area contributed by atoms with E-state index in [1.54, 1.807) is 6.92 Å². The molecule has 1 N–H and O–H groups in total. The molecular formula is C14H20F2O. The highest BCUT2D eigenvalue weighted by atomic mass is 19.1. The van der Waals surface area contributed by atoms with E-state index < -0.39 is 17.2 Å². The molecule has 0 spiro atoms. The van der Waals surface area contributed by atoms with E-state index in [-0.39, 0.29) is 0 Å². The van der Waals surface area contributed by atoms with E-state index >= 15 is 0 Å². The summed E-state index contributed by atoms with van der Waals surface area (Å²) in [5, 5.41) is 10.3. The van der Waals surface area contributed by atoms with E-state index in [0.29, 0.717) is 17.9 Å². The molecule has 0 amide bonds. The maximum Gasteiger partial charge on any atom is 0.126 e. The van der Waals surface area contributed by atoms with Crippen LogP contribution in [0.2, 0.25) is 0 Å². The van der Waals surface area contributed by atoms with Crippen molar-refractivity contribution < 1.29 is 13.9 Å². The van der Waals surface area contributed by atoms with Crippen molar-refractivity contribution in [2.45, 2.75) is 45.6 Å². The summed E-state index contributed by atoms with van der Waals surface area (Å²) in [5.74, 6) is -0.979. The summed E-state index contributed by atoms with van der Waals surface area (Å²) in [6.07, 6.45) is 2.53. The fourth-order valence-electron chi connectivity index (χ4n) is 2.26. The molecule has 0 saturated carbocycles. The normalized spacial score (nSPS) is 16.6. The van der Waals surface area contributed by atoms with Crippen molar-refractivity contribution in [2.24, 2.45) is 5.92 Å². The molecule has 0 radical (unpaired) electrons. The summed E-state index contributed by atoms with van der Waals surface area (Å²) in [6, 6.07) is 3.21. The lowest BCUT2D eigenvalue weighted by molar-refractivity contribution is 0.0305. The van der Waals surface area contributed by atoms with E-state index in [4.69, 9.17) is 0 Å². The van der Waals surface area contributed by atoms with Gasteiger partial charge < -0.3 is 5.11 Å². The van der Waals surface area contributed by atoms with Gasteiger partial charge in [0, 0.05) is 6.07 Å². The summed E-state index contributed by atoms with van der Waals surface area (Å²) >= 11 is 0. The minimum atomic E-state index is -1.18. The molecule has 2 atom stereocenters. The van der Waals surface area contributed by atoms with Gasteiger partial charge in [-0.2, -0.15) is 0 Å². The Morgan fingerprint density at radius 3 is 2.24 bits per heavy atom. The van der Waals surface area contributed by atoms with Gasteiger partial charge in [0.15, 0.2) is 0 Å². The standard InChI is InChI=1S/C14H20F2O/c1-4-5-10(2)9-14(3,17)11-6-12(15)8-13(16)7-11/h6-8,10,17H,4-5,9H2,1-3H3. The second kappa shape index (κ2) is 5.58. The van der Waals surface area contributed by atoms with E-state index in [2.05, 4.69) is 6.92 Å². The third-order valence-corrected chi connectivity index (χ3v) is 3.01. The van der Waals surface area contributed by atoms with Gasteiger partial charge in [0.25, 0.3) is 0 Å². The zero-order valence-corrected chi connectivity index (χ0v) is 10.6. The third-order valence-electron chi connectivity index (χ3n) is 3.01. The van der Waals surface area contributed by atoms with Crippen molar-refractivity contribution in [3.05, 3.63) is 35.4 Å². The third kappa shape index (κ3) is 4.08. The molecule has 0 bridgehead atoms. The van der Waals surface area contributed by atoms with Crippen LogP contribution >= 0.6 is 0 Å². The quantitative estimate of drug-likeness (QED) is 0.827. The fraction of sp³-hybridized carbons (Fsp3) is 0.571. The van der Waals surface area contributed by atoms with Gasteiger partial charge >= 0.3 is 0 Å². The average molecular weight is 242 g/mol. The Morgan fingerprint density at radius 2 is 1.76 bits per heavy atom. The van der Waals surface area contributed by atoms with Crippen molar-refractivity contribution in [3.63, 3.8) is 0 Å². The van der Waals surface area contributed by atoms with Crippen LogP contribution in [0.4, 0.5) is 8.78 Å². The van der Waals surface area contributed by atoms with E-state index in [0.717, 1.165) is 18.9 Å². The number of hydrogen-bond donors (Lipinski definition) is 1. The summed E-state index contributed by atoms with van der Waals surface area (Å²) in [6.45, 7) is 5.72. The smallest absolute Gasteiger partial charge is 0.126 e. The lowest BCUT2D eigenvalue weighted by Crippen LogP contribution is -2.24. The number of hydrogen-bond acceptors (Lipinski definition) is 1. The predicted octanol–water partition coefficient (Wildman–Crippen LogP) is 4.00. The second-order valence-electron chi connectivity index (χ2n) is 5.03. The lowest BCUT2D eigenvalue weighted by Gasteiger charge is -2.27. The maximum atomic E-state index is 13.1. The van der Waals surface area contributed by atoms with Gasteiger partial charge in [-0.1, -0.05) is 26.7 Å². The van der Waals surface area contributed by atoms with Crippen LogP contribution in [0, 0.1) is 17.6 Å². The summed E-state index contributed by atoms with van der Waals surface area (Å²) in [7, 11) is 0. The van der Waals surface area contributed by atoms with Gasteiger partial charge in [0.05, 0.1) is 5.60 Å². The molecule has 0 aliphatic heterocycles. The van der Waals surface area contributed by atoms with Gasteiger partial charge in [-0.05, 0) is 37.0 Å². The molecule has 0 fully saturated rings. The Balaban J connectivity index is 2.88. The van der Waals surface area contributed by atoms with Crippen molar-refractivity contribution >= 4 is 0 Å². The Kier molecular flexibility index (Phi) is 4.63. The van der Waals surface area contributed by atoms with Gasteiger partial charge in [0.2, 0.25) is 0 Å². The first kappa shape index (κ1) is 14.1. The minimum Gasteiger partial charge on any atom is -0.385 e. The van der Waals surface area contributed by atoms with Gasteiger partial charge in [-0.25, -0.2) is 8.78 Å². The highest BCUT2D eigenvalue weighted by molar-refractivity contribution is 5.23. The van der Waals surface area contributed by atoms with Gasteiger partial charge in [-0.3, -0.25) is 0 Å². The van der Waals surface area contributed by atoms with Gasteiger partial charge in [-0.15, -0.1) is 0 Å². The highest BCUT2D eigenvalue weighted by Gasteiger charge is 2.26. The van der Waals surface area contributed by atoms with Crippen LogP contribution in [0.25, 0.3) is 0 Å². The number of benzene rings is 1. The molecule has 0 aliphatic rings. The first-order valence-corrected chi connectivity index (χ1v) is 6.04. The average Bonchev–Trinajstić information content (AvgIpc) is 2.15. The first-order valence-electron chi connectivity index (χ1n) is 6.04. The van der Waals surface area contributed by atoms with Crippen LogP contribution in [0.15, 0.2) is 18.2 Å². The van der Waals surface area contributed by atoms with Crippen molar-refractivity contribution in [3.8, 4) is 0 Å². The summed E-state index contributed by atoms with van der Waals surface area (Å²) in [4.78, 5) is 0. The molecule has 3 heteroatoms. The van der Waals surface area contributed by atoms with Crippen molar-refractivity contribution in [1.82, 2.24) is 0 Å². The maximum absolute atomic E-state index is 13.1. The number of halogens is 2. The molecule has 1 nitrogen and oxygen atoms in total. The zero-order valence-electron chi connectivity index (χ0n) is 10.6. The molecular weight excluding hydrogens is 222 g/mol. The Labute approximate surface area is 101 Å². The number of aliphatic hydroxyl groups is 1. The Bertz CT molecular complexity index is 354. The Hall–Kier alpha value is -0.960. The predicted molar refractivity (Wildman–Crippen MR) is 64.6 cm³/mol. The van der Waals surface area contributed by atoms with Crippen LogP contribution < -0.4 is 0 Å². The monoisotopic (exact) mass is 242 g/mol. The van der Waals surface area contributed by atoms with Crippen LogP contribution in [0.5, 0.6) is 0 Å². The van der Waals surface area contributed by atoms with Crippen molar-refractivity contribution in [1.29, 1.82) is 0 Å². The molecule has 0 heterocycles. The largest absolute Gasteiger partial charge is 0.385 e. The van der Waals surface area contributed by atoms with Crippen LogP contribution in [0.3, 0.4) is 0 Å². The van der Waals surface area contributed by atoms with Crippen LogP contribution in [0.1, 0.15) is 45.6 Å². The van der Waals surface area contributed by atoms with Crippen molar-refractivity contribution in [2.75, 3.05) is 0 Å². The zero-order chi connectivity index (χ0) is 13.1. The summed E-state index contributed by atoms with van der Waals surface area (Å²) in [5.41, 5.74) is -0.879. The summed E-state index contributed by atoms with van der Waals surface area (Å²) < 4.78 is 26.2. The molecule has 2 unspecified atom stereocenters. The molecule has 0 saturated heterocycles.